The van der Waals surface area contributed by atoms with Gasteiger partial charge >= 0.3 is 0 Å². The van der Waals surface area contributed by atoms with Gasteiger partial charge in [-0.3, -0.25) is 0 Å². The van der Waals surface area contributed by atoms with E-state index < -0.39 is 0 Å². The van der Waals surface area contributed by atoms with Gasteiger partial charge in [0.05, 0.1) is 0 Å². The van der Waals surface area contributed by atoms with Crippen LogP contribution in [0, 0.1) is 20.8 Å². The topological polar surface area (TPSA) is 21.3 Å². The number of rotatable bonds is 6. The summed E-state index contributed by atoms with van der Waals surface area (Å²) < 4.78 is 5.96. The molecule has 21 heavy (non-hydrogen) atoms. The van der Waals surface area contributed by atoms with Crippen LogP contribution in [-0.2, 0) is 6.54 Å². The zero-order valence-corrected chi connectivity index (χ0v) is 13.5. The van der Waals surface area contributed by atoms with Gasteiger partial charge in [0, 0.05) is 6.54 Å². The highest BCUT2D eigenvalue weighted by Crippen LogP contribution is 2.25. The predicted octanol–water partition coefficient (Wildman–Crippen LogP) is 4.90. The normalized spacial score (nSPS) is 10.7. The lowest BCUT2D eigenvalue weighted by molar-refractivity contribution is 0.481. The van der Waals surface area contributed by atoms with Gasteiger partial charge < -0.3 is 10.1 Å². The summed E-state index contributed by atoms with van der Waals surface area (Å²) >= 11 is 0. The van der Waals surface area contributed by atoms with Gasteiger partial charge in [0.1, 0.15) is 11.5 Å². The molecule has 0 unspecified atom stereocenters. The predicted molar refractivity (Wildman–Crippen MR) is 89.2 cm³/mol. The number of ether oxygens (including phenoxy) is 1. The van der Waals surface area contributed by atoms with Crippen molar-refractivity contribution in [2.24, 2.45) is 0 Å². The third-order valence-electron chi connectivity index (χ3n) is 3.77. The number of hydrogen-bond acceptors (Lipinski definition) is 2. The van der Waals surface area contributed by atoms with Crippen molar-refractivity contribution in [1.82, 2.24) is 5.32 Å². The lowest BCUT2D eigenvalue weighted by Gasteiger charge is -2.11. The average Bonchev–Trinajstić information content (AvgIpc) is 2.45. The van der Waals surface area contributed by atoms with Crippen LogP contribution in [0.3, 0.4) is 0 Å². The molecule has 0 fully saturated rings. The van der Waals surface area contributed by atoms with Crippen molar-refractivity contribution < 1.29 is 4.74 Å². The lowest BCUT2D eigenvalue weighted by atomic mass is 10.1. The molecule has 0 radical (unpaired) electrons. The Morgan fingerprint density at radius 3 is 2.14 bits per heavy atom. The second kappa shape index (κ2) is 7.28. The summed E-state index contributed by atoms with van der Waals surface area (Å²) in [5.41, 5.74) is 5.14. The first kappa shape index (κ1) is 15.6. The molecule has 0 aliphatic rings. The second-order valence-corrected chi connectivity index (χ2v) is 5.61. The van der Waals surface area contributed by atoms with Crippen molar-refractivity contribution in [2.75, 3.05) is 6.54 Å². The summed E-state index contributed by atoms with van der Waals surface area (Å²) in [6.45, 7) is 10.5. The Labute approximate surface area is 128 Å². The molecule has 1 N–H and O–H groups in total. The van der Waals surface area contributed by atoms with Gasteiger partial charge in [-0.05, 0) is 80.3 Å². The van der Waals surface area contributed by atoms with Crippen LogP contribution in [0.5, 0.6) is 11.5 Å². The van der Waals surface area contributed by atoms with E-state index >= 15 is 0 Å². The molecule has 0 spiro atoms. The smallest absolute Gasteiger partial charge is 0.127 e. The van der Waals surface area contributed by atoms with Crippen molar-refractivity contribution in [2.45, 2.75) is 40.7 Å². The summed E-state index contributed by atoms with van der Waals surface area (Å²) in [6, 6.07) is 12.5. The zero-order chi connectivity index (χ0) is 15.2. The minimum Gasteiger partial charge on any atom is -0.457 e. The van der Waals surface area contributed by atoms with Crippen molar-refractivity contribution in [3.05, 3.63) is 58.7 Å². The number of nitrogens with one attached hydrogen (secondary N) is 1. The van der Waals surface area contributed by atoms with Crippen LogP contribution in [0.1, 0.15) is 35.6 Å². The Hall–Kier alpha value is -1.80. The van der Waals surface area contributed by atoms with E-state index in [-0.39, 0.29) is 0 Å². The maximum Gasteiger partial charge on any atom is 0.127 e. The molecule has 0 atom stereocenters. The molecule has 0 saturated heterocycles. The van der Waals surface area contributed by atoms with Crippen LogP contribution in [0.4, 0.5) is 0 Å². The van der Waals surface area contributed by atoms with Gasteiger partial charge in [-0.25, -0.2) is 0 Å². The number of aryl methyl sites for hydroxylation is 3. The molecular formula is C19H25NO. The van der Waals surface area contributed by atoms with Crippen LogP contribution < -0.4 is 10.1 Å². The van der Waals surface area contributed by atoms with Crippen LogP contribution in [0.25, 0.3) is 0 Å². The fourth-order valence-corrected chi connectivity index (χ4v) is 2.24. The minimum absolute atomic E-state index is 0.898. The molecule has 2 heteroatoms. The largest absolute Gasteiger partial charge is 0.457 e. The Bertz CT molecular complexity index is 605. The molecule has 112 valence electrons. The maximum absolute atomic E-state index is 5.96. The highest BCUT2D eigenvalue weighted by atomic mass is 16.5. The fourth-order valence-electron chi connectivity index (χ4n) is 2.24. The number of benzene rings is 2. The quantitative estimate of drug-likeness (QED) is 0.761. The van der Waals surface area contributed by atoms with Crippen LogP contribution >= 0.6 is 0 Å². The van der Waals surface area contributed by atoms with Gasteiger partial charge in [0.15, 0.2) is 0 Å². The number of hydrogen-bond donors (Lipinski definition) is 1. The summed E-state index contributed by atoms with van der Waals surface area (Å²) in [7, 11) is 0. The summed E-state index contributed by atoms with van der Waals surface area (Å²) in [5.74, 6) is 1.80. The van der Waals surface area contributed by atoms with Crippen molar-refractivity contribution in [3.8, 4) is 11.5 Å². The van der Waals surface area contributed by atoms with Gasteiger partial charge in [-0.15, -0.1) is 0 Å². The van der Waals surface area contributed by atoms with Gasteiger partial charge in [-0.1, -0.05) is 19.1 Å². The first-order chi connectivity index (χ1) is 10.1. The van der Waals surface area contributed by atoms with E-state index in [0.717, 1.165) is 31.0 Å². The van der Waals surface area contributed by atoms with E-state index in [1.54, 1.807) is 0 Å². The fraction of sp³-hybridized carbons (Fsp3) is 0.368. The zero-order valence-electron chi connectivity index (χ0n) is 13.5. The lowest BCUT2D eigenvalue weighted by Crippen LogP contribution is -2.14. The third-order valence-corrected chi connectivity index (χ3v) is 3.77. The van der Waals surface area contributed by atoms with Crippen molar-refractivity contribution >= 4 is 0 Å². The van der Waals surface area contributed by atoms with E-state index in [9.17, 15) is 0 Å². The molecule has 0 aromatic heterocycles. The molecular weight excluding hydrogens is 258 g/mol. The first-order valence-corrected chi connectivity index (χ1v) is 7.65. The van der Waals surface area contributed by atoms with Crippen LogP contribution in [0.15, 0.2) is 36.4 Å². The molecule has 0 aliphatic heterocycles. The summed E-state index contributed by atoms with van der Waals surface area (Å²) in [4.78, 5) is 0. The van der Waals surface area contributed by atoms with Gasteiger partial charge in [0.2, 0.25) is 0 Å². The van der Waals surface area contributed by atoms with Gasteiger partial charge in [0.25, 0.3) is 0 Å². The van der Waals surface area contributed by atoms with Crippen molar-refractivity contribution in [1.29, 1.82) is 0 Å². The Kier molecular flexibility index (Phi) is 5.40. The molecule has 0 aliphatic carbocycles. The van der Waals surface area contributed by atoms with E-state index in [1.807, 2.05) is 12.1 Å². The molecule has 2 nitrogen and oxygen atoms in total. The molecule has 2 aromatic carbocycles. The van der Waals surface area contributed by atoms with Crippen LogP contribution in [-0.4, -0.2) is 6.54 Å². The highest BCUT2D eigenvalue weighted by molar-refractivity contribution is 5.40. The molecule has 0 amide bonds. The first-order valence-electron chi connectivity index (χ1n) is 7.65. The molecule has 0 saturated carbocycles. The SMILES string of the molecule is CCCNCc1ccc(Oc2ccc(C)c(C)c2)cc1C. The van der Waals surface area contributed by atoms with E-state index in [0.29, 0.717) is 0 Å². The standard InChI is InChI=1S/C19H25NO/c1-5-10-20-13-17-7-9-19(12-16(17)4)21-18-8-6-14(2)15(3)11-18/h6-9,11-12,20H,5,10,13H2,1-4H3. The van der Waals surface area contributed by atoms with Crippen LogP contribution in [0.2, 0.25) is 0 Å². The second-order valence-electron chi connectivity index (χ2n) is 5.61. The Balaban J connectivity index is 2.07. The minimum atomic E-state index is 0.898. The monoisotopic (exact) mass is 283 g/mol. The molecule has 0 heterocycles. The summed E-state index contributed by atoms with van der Waals surface area (Å²) in [6.07, 6.45) is 1.16. The Morgan fingerprint density at radius 2 is 1.52 bits per heavy atom. The maximum atomic E-state index is 5.96. The van der Waals surface area contributed by atoms with E-state index in [1.165, 1.54) is 22.3 Å². The summed E-state index contributed by atoms with van der Waals surface area (Å²) in [5, 5.41) is 3.43. The molecule has 2 aromatic rings. The van der Waals surface area contributed by atoms with Gasteiger partial charge in [-0.2, -0.15) is 0 Å². The van der Waals surface area contributed by atoms with Crippen molar-refractivity contribution in [3.63, 3.8) is 0 Å². The van der Waals surface area contributed by atoms with E-state index in [2.05, 4.69) is 57.3 Å². The average molecular weight is 283 g/mol. The Morgan fingerprint density at radius 1 is 0.857 bits per heavy atom. The third kappa shape index (κ3) is 4.33. The highest BCUT2D eigenvalue weighted by Gasteiger charge is 2.03. The molecule has 2 rings (SSSR count). The van der Waals surface area contributed by atoms with E-state index in [4.69, 9.17) is 4.74 Å². The molecule has 0 bridgehead atoms.